The molecule has 9 nitrogen and oxygen atoms in total. The molecule has 0 unspecified atom stereocenters. The summed E-state index contributed by atoms with van der Waals surface area (Å²) < 4.78 is 15.5. The van der Waals surface area contributed by atoms with Gasteiger partial charge in [-0.3, -0.25) is 4.79 Å². The number of aryl methyl sites for hydroxylation is 1. The molecule has 0 atom stereocenters. The predicted molar refractivity (Wildman–Crippen MR) is 87.1 cm³/mol. The summed E-state index contributed by atoms with van der Waals surface area (Å²) in [5.41, 5.74) is 0.782. The Morgan fingerprint density at radius 2 is 1.96 bits per heavy atom. The van der Waals surface area contributed by atoms with Crippen LogP contribution in [0, 0.1) is 6.92 Å². The van der Waals surface area contributed by atoms with Crippen molar-refractivity contribution in [3.05, 3.63) is 48.1 Å². The Balaban J connectivity index is 1.49. The minimum atomic E-state index is -0.374. The van der Waals surface area contributed by atoms with Crippen LogP contribution in [-0.2, 0) is 0 Å². The fraction of sp³-hybridized carbons (Fsp3) is 0.125. The van der Waals surface area contributed by atoms with Crippen LogP contribution in [0.2, 0.25) is 0 Å². The van der Waals surface area contributed by atoms with E-state index in [1.165, 1.54) is 12.4 Å². The van der Waals surface area contributed by atoms with Crippen molar-refractivity contribution in [2.45, 2.75) is 6.92 Å². The van der Waals surface area contributed by atoms with Gasteiger partial charge in [0.1, 0.15) is 23.6 Å². The lowest BCUT2D eigenvalue weighted by molar-refractivity contribution is 0.102. The molecule has 2 aromatic heterocycles. The van der Waals surface area contributed by atoms with Gasteiger partial charge in [0.2, 0.25) is 6.79 Å². The van der Waals surface area contributed by atoms with Crippen LogP contribution in [0.1, 0.15) is 16.2 Å². The molecule has 1 aliphatic heterocycles. The van der Waals surface area contributed by atoms with Crippen LogP contribution in [0.15, 0.2) is 41.2 Å². The summed E-state index contributed by atoms with van der Waals surface area (Å²) >= 11 is 0. The Kier molecular flexibility index (Phi) is 3.65. The molecule has 9 heteroatoms. The first-order valence-electron chi connectivity index (χ1n) is 7.41. The van der Waals surface area contributed by atoms with Crippen molar-refractivity contribution in [1.82, 2.24) is 15.1 Å². The van der Waals surface area contributed by atoms with E-state index in [1.807, 2.05) is 0 Å². The number of hydrogen-bond donors (Lipinski definition) is 2. The van der Waals surface area contributed by atoms with Gasteiger partial charge in [0.05, 0.1) is 0 Å². The number of aromatic nitrogens is 3. The summed E-state index contributed by atoms with van der Waals surface area (Å²) in [6.07, 6.45) is 1.30. The molecule has 4 rings (SSSR count). The number of carbonyl (C=O) groups is 1. The number of hydrogen-bond acceptors (Lipinski definition) is 8. The maximum absolute atomic E-state index is 12.4. The molecule has 0 saturated carbocycles. The van der Waals surface area contributed by atoms with Crippen molar-refractivity contribution in [1.29, 1.82) is 0 Å². The highest BCUT2D eigenvalue weighted by atomic mass is 16.7. The van der Waals surface area contributed by atoms with Crippen LogP contribution in [0.4, 0.5) is 17.3 Å². The normalized spacial score (nSPS) is 12.0. The first-order valence-corrected chi connectivity index (χ1v) is 7.41. The largest absolute Gasteiger partial charge is 0.454 e. The van der Waals surface area contributed by atoms with Gasteiger partial charge in [-0.25, -0.2) is 9.97 Å². The first kappa shape index (κ1) is 14.9. The highest BCUT2D eigenvalue weighted by Crippen LogP contribution is 2.34. The van der Waals surface area contributed by atoms with Gasteiger partial charge in [0.25, 0.3) is 5.91 Å². The fourth-order valence-electron chi connectivity index (χ4n) is 2.28. The van der Waals surface area contributed by atoms with Crippen LogP contribution in [0.25, 0.3) is 0 Å². The zero-order chi connectivity index (χ0) is 17.2. The van der Waals surface area contributed by atoms with Gasteiger partial charge in [-0.2, -0.15) is 0 Å². The summed E-state index contributed by atoms with van der Waals surface area (Å²) in [6, 6.07) is 8.39. The summed E-state index contributed by atoms with van der Waals surface area (Å²) in [6.45, 7) is 1.96. The van der Waals surface area contributed by atoms with Crippen molar-refractivity contribution in [3.63, 3.8) is 0 Å². The molecule has 1 aromatic carbocycles. The van der Waals surface area contributed by atoms with E-state index in [0.29, 0.717) is 34.6 Å². The van der Waals surface area contributed by atoms with Crippen LogP contribution in [0.3, 0.4) is 0 Å². The van der Waals surface area contributed by atoms with Crippen molar-refractivity contribution >= 4 is 23.2 Å². The zero-order valence-electron chi connectivity index (χ0n) is 13.1. The van der Waals surface area contributed by atoms with Gasteiger partial charge in [-0.05, 0) is 19.1 Å². The number of nitrogens with zero attached hydrogens (tertiary/aromatic N) is 3. The number of carbonyl (C=O) groups excluding carboxylic acids is 1. The number of fused-ring (bicyclic) bond motifs is 1. The molecule has 3 heterocycles. The van der Waals surface area contributed by atoms with Crippen molar-refractivity contribution in [2.24, 2.45) is 0 Å². The molecule has 3 aromatic rings. The predicted octanol–water partition coefficient (Wildman–Crippen LogP) is 2.50. The molecule has 1 aliphatic rings. The molecule has 0 radical (unpaired) electrons. The molecule has 0 fully saturated rings. The van der Waals surface area contributed by atoms with Crippen LogP contribution in [0.5, 0.6) is 11.5 Å². The molecule has 0 bridgehead atoms. The minimum Gasteiger partial charge on any atom is -0.454 e. The third-order valence-electron chi connectivity index (χ3n) is 3.41. The molecule has 2 N–H and O–H groups in total. The Morgan fingerprint density at radius 1 is 1.08 bits per heavy atom. The van der Waals surface area contributed by atoms with E-state index in [-0.39, 0.29) is 18.4 Å². The van der Waals surface area contributed by atoms with E-state index in [4.69, 9.17) is 14.0 Å². The summed E-state index contributed by atoms with van der Waals surface area (Å²) in [5.74, 6) is 2.45. The zero-order valence-corrected chi connectivity index (χ0v) is 13.1. The maximum atomic E-state index is 12.4. The van der Waals surface area contributed by atoms with Gasteiger partial charge >= 0.3 is 0 Å². The van der Waals surface area contributed by atoms with E-state index in [0.717, 1.165) is 0 Å². The van der Waals surface area contributed by atoms with Crippen LogP contribution < -0.4 is 20.1 Å². The molecule has 0 aliphatic carbocycles. The SMILES string of the molecule is Cc1cc(Nc2cc(C(=O)Nc3ccc4c(c3)OCO4)ncn2)no1. The van der Waals surface area contributed by atoms with Gasteiger partial charge in [-0.1, -0.05) is 5.16 Å². The maximum Gasteiger partial charge on any atom is 0.274 e. The smallest absolute Gasteiger partial charge is 0.274 e. The average Bonchev–Trinajstić information content (AvgIpc) is 3.23. The number of nitrogens with one attached hydrogen (secondary N) is 2. The number of benzene rings is 1. The highest BCUT2D eigenvalue weighted by molar-refractivity contribution is 6.03. The summed E-state index contributed by atoms with van der Waals surface area (Å²) in [4.78, 5) is 20.4. The van der Waals surface area contributed by atoms with Crippen molar-refractivity contribution in [3.8, 4) is 11.5 Å². The molecular weight excluding hydrogens is 326 g/mol. The molecule has 0 spiro atoms. The van der Waals surface area contributed by atoms with Crippen LogP contribution >= 0.6 is 0 Å². The molecule has 1 amide bonds. The van der Waals surface area contributed by atoms with Crippen LogP contribution in [-0.4, -0.2) is 27.8 Å². The monoisotopic (exact) mass is 339 g/mol. The van der Waals surface area contributed by atoms with Gasteiger partial charge in [0.15, 0.2) is 17.3 Å². The Morgan fingerprint density at radius 3 is 2.80 bits per heavy atom. The van der Waals surface area contributed by atoms with Gasteiger partial charge in [-0.15, -0.1) is 0 Å². The lowest BCUT2D eigenvalue weighted by Crippen LogP contribution is -2.14. The Labute approximate surface area is 142 Å². The fourth-order valence-corrected chi connectivity index (χ4v) is 2.28. The quantitative estimate of drug-likeness (QED) is 0.746. The standard InChI is InChI=1S/C16H13N5O4/c1-9-4-15(21-25-9)20-14-6-11(17-7-18-14)16(22)19-10-2-3-12-13(5-10)24-8-23-12/h2-7H,8H2,1H3,(H,19,22)(H,17,18,20,21). The van der Waals surface area contributed by atoms with E-state index >= 15 is 0 Å². The van der Waals surface area contributed by atoms with Crippen molar-refractivity contribution in [2.75, 3.05) is 17.4 Å². The van der Waals surface area contributed by atoms with Gasteiger partial charge < -0.3 is 24.6 Å². The lowest BCUT2D eigenvalue weighted by atomic mass is 10.2. The number of anilines is 3. The summed E-state index contributed by atoms with van der Waals surface area (Å²) in [7, 11) is 0. The molecule has 25 heavy (non-hydrogen) atoms. The average molecular weight is 339 g/mol. The highest BCUT2D eigenvalue weighted by Gasteiger charge is 2.15. The number of amides is 1. The van der Waals surface area contributed by atoms with E-state index in [9.17, 15) is 4.79 Å². The van der Waals surface area contributed by atoms with Crippen molar-refractivity contribution < 1.29 is 18.8 Å². The summed E-state index contributed by atoms with van der Waals surface area (Å²) in [5, 5.41) is 9.52. The second kappa shape index (κ2) is 6.11. The third-order valence-corrected chi connectivity index (χ3v) is 3.41. The third kappa shape index (κ3) is 3.20. The lowest BCUT2D eigenvalue weighted by Gasteiger charge is -2.07. The van der Waals surface area contributed by atoms with E-state index in [1.54, 1.807) is 31.2 Å². The molecular formula is C16H13N5O4. The van der Waals surface area contributed by atoms with Gasteiger partial charge in [0, 0.05) is 23.9 Å². The second-order valence-electron chi connectivity index (χ2n) is 5.26. The molecule has 0 saturated heterocycles. The number of rotatable bonds is 4. The Hall–Kier alpha value is -3.62. The topological polar surface area (TPSA) is 111 Å². The number of ether oxygens (including phenoxy) is 2. The van der Waals surface area contributed by atoms with E-state index in [2.05, 4.69) is 25.8 Å². The molecule has 126 valence electrons. The van der Waals surface area contributed by atoms with E-state index < -0.39 is 0 Å². The second-order valence-corrected chi connectivity index (χ2v) is 5.26. The Bertz CT molecular complexity index is 940. The minimum absolute atomic E-state index is 0.176. The first-order chi connectivity index (χ1) is 12.2.